The van der Waals surface area contributed by atoms with Crippen molar-refractivity contribution in [3.63, 3.8) is 0 Å². The van der Waals surface area contributed by atoms with E-state index in [2.05, 4.69) is 31.9 Å². The molecule has 6 rings (SSSR count). The molecule has 61 heavy (non-hydrogen) atoms. The molecule has 4 aromatic carbocycles. The van der Waals surface area contributed by atoms with Gasteiger partial charge in [0.1, 0.15) is 49.4 Å². The van der Waals surface area contributed by atoms with Crippen LogP contribution in [0.5, 0.6) is 23.0 Å². The van der Waals surface area contributed by atoms with Crippen molar-refractivity contribution in [1.82, 2.24) is 9.80 Å². The molecule has 0 aromatic heterocycles. The number of carbonyl (C=O) groups is 2. The molecular formula is C47H52Br2N2O10. The number of benzene rings is 4. The lowest BCUT2D eigenvalue weighted by Crippen LogP contribution is -2.29. The Hall–Kier alpha value is -4.70. The van der Waals surface area contributed by atoms with Crippen molar-refractivity contribution in [3.8, 4) is 23.0 Å². The number of carbonyl (C=O) groups excluding carboxylic acids is 2. The van der Waals surface area contributed by atoms with Crippen molar-refractivity contribution in [2.45, 2.75) is 33.9 Å². The van der Waals surface area contributed by atoms with Crippen LogP contribution in [0, 0.1) is 0 Å². The van der Waals surface area contributed by atoms with Gasteiger partial charge >= 0.3 is 0 Å². The zero-order valence-electron chi connectivity index (χ0n) is 35.0. The smallest absolute Gasteiger partial charge is 0.261 e. The van der Waals surface area contributed by atoms with Crippen LogP contribution in [0.4, 0.5) is 0 Å². The van der Waals surface area contributed by atoms with Crippen molar-refractivity contribution in [1.29, 1.82) is 0 Å². The first-order valence-corrected chi connectivity index (χ1v) is 22.0. The van der Waals surface area contributed by atoms with Gasteiger partial charge in [0.25, 0.3) is 11.8 Å². The van der Waals surface area contributed by atoms with E-state index in [1.54, 1.807) is 16.9 Å². The van der Waals surface area contributed by atoms with E-state index in [0.717, 1.165) is 20.1 Å². The molecule has 0 bridgehead atoms. The second-order valence-electron chi connectivity index (χ2n) is 13.8. The summed E-state index contributed by atoms with van der Waals surface area (Å²) in [4.78, 5) is 33.7. The third kappa shape index (κ3) is 12.0. The van der Waals surface area contributed by atoms with Crippen LogP contribution in [0.3, 0.4) is 0 Å². The van der Waals surface area contributed by atoms with E-state index in [9.17, 15) is 0 Å². The molecule has 0 unspecified atom stereocenters. The molecule has 2 amide bonds. The molecule has 0 aliphatic carbocycles. The zero-order valence-corrected chi connectivity index (χ0v) is 38.2. The molecule has 0 saturated heterocycles. The van der Waals surface area contributed by atoms with Gasteiger partial charge in [0, 0.05) is 48.0 Å². The third-order valence-corrected chi connectivity index (χ3v) is 10.7. The summed E-state index contributed by atoms with van der Waals surface area (Å²) in [6.45, 7) is 10.8. The second-order valence-corrected chi connectivity index (χ2v) is 15.7. The first-order valence-electron chi connectivity index (χ1n) is 20.4. The van der Waals surface area contributed by atoms with Gasteiger partial charge in [-0.1, -0.05) is 56.1 Å². The molecule has 12 nitrogen and oxygen atoms in total. The molecule has 14 heteroatoms. The zero-order chi connectivity index (χ0) is 43.1. The summed E-state index contributed by atoms with van der Waals surface area (Å²) in [5.74, 6) is 1.66. The maximum Gasteiger partial charge on any atom is 0.261 e. The minimum atomic E-state index is -0.306. The number of fused-ring (bicyclic) bond motifs is 1. The summed E-state index contributed by atoms with van der Waals surface area (Å²) < 4.78 is 47.8. The van der Waals surface area contributed by atoms with Gasteiger partial charge < -0.3 is 47.7 Å². The van der Waals surface area contributed by atoms with Gasteiger partial charge in [0.2, 0.25) is 0 Å². The van der Waals surface area contributed by atoms with Crippen molar-refractivity contribution >= 4 is 55.1 Å². The van der Waals surface area contributed by atoms with Crippen molar-refractivity contribution < 1.29 is 47.5 Å². The number of halogens is 2. The lowest BCUT2D eigenvalue weighted by atomic mass is 10.0. The average Bonchev–Trinajstić information content (AvgIpc) is 3.69. The number of methoxy groups -OCH3 is 1. The van der Waals surface area contributed by atoms with E-state index in [1.807, 2.05) is 106 Å². The normalized spacial score (nSPS) is 13.7. The van der Waals surface area contributed by atoms with Crippen molar-refractivity contribution in [3.05, 3.63) is 127 Å². The number of nitrogens with zero attached hydrogens (tertiary/aromatic N) is 2. The SMILES string of the molecule is CCOCCOc1cc(CN2C(=O)C3=C(c4ccc(Br)cc4)N(Cc4cc(OCCOCC)cc(OCCOCC)c4)C(=O)C3=C2c2ccc(Br)cc2)cc(OCCOC)c1. The summed E-state index contributed by atoms with van der Waals surface area (Å²) in [7, 11) is 1.61. The number of ether oxygens (including phenoxy) is 8. The summed E-state index contributed by atoms with van der Waals surface area (Å²) in [5.41, 5.74) is 4.58. The van der Waals surface area contributed by atoms with E-state index in [4.69, 9.17) is 37.9 Å². The van der Waals surface area contributed by atoms with Crippen LogP contribution >= 0.6 is 31.9 Å². The van der Waals surface area contributed by atoms with Gasteiger partial charge in [-0.3, -0.25) is 9.59 Å². The van der Waals surface area contributed by atoms with Gasteiger partial charge in [-0.15, -0.1) is 0 Å². The van der Waals surface area contributed by atoms with Gasteiger partial charge in [-0.25, -0.2) is 0 Å². The monoisotopic (exact) mass is 962 g/mol. The highest BCUT2D eigenvalue weighted by molar-refractivity contribution is 9.10. The molecular weight excluding hydrogens is 912 g/mol. The Kier molecular flexibility index (Phi) is 17.2. The lowest BCUT2D eigenvalue weighted by Gasteiger charge is -2.26. The Balaban J connectivity index is 1.44. The maximum atomic E-state index is 15.2. The maximum absolute atomic E-state index is 15.2. The molecule has 4 aromatic rings. The highest BCUT2D eigenvalue weighted by atomic mass is 79.9. The van der Waals surface area contributed by atoms with Crippen LogP contribution in [0.25, 0.3) is 11.4 Å². The van der Waals surface area contributed by atoms with E-state index < -0.39 is 0 Å². The Bertz CT molecular complexity index is 2140. The van der Waals surface area contributed by atoms with Crippen LogP contribution < -0.4 is 18.9 Å². The molecule has 0 saturated carbocycles. The van der Waals surface area contributed by atoms with E-state index in [0.29, 0.717) is 129 Å². The summed E-state index contributed by atoms with van der Waals surface area (Å²) in [5, 5.41) is 0. The predicted molar refractivity (Wildman–Crippen MR) is 239 cm³/mol. The summed E-state index contributed by atoms with van der Waals surface area (Å²) in [6.07, 6.45) is 0. The first kappa shape index (κ1) is 45.8. The minimum Gasteiger partial charge on any atom is -0.491 e. The van der Waals surface area contributed by atoms with Gasteiger partial charge in [-0.2, -0.15) is 0 Å². The molecule has 0 atom stereocenters. The number of hydrogen-bond donors (Lipinski definition) is 0. The number of rotatable bonds is 25. The minimum absolute atomic E-state index is 0.130. The van der Waals surface area contributed by atoms with Crippen LogP contribution in [0.1, 0.15) is 43.0 Å². The highest BCUT2D eigenvalue weighted by Gasteiger charge is 2.49. The average molecular weight is 965 g/mol. The molecule has 2 aliphatic heterocycles. The fourth-order valence-electron chi connectivity index (χ4n) is 6.99. The standard InChI is InChI=1S/C47H52Br2N2O10/c1-5-55-17-21-59-39-25-32(24-38(28-39)58-20-16-54-4)30-50-44(34-8-12-36(48)13-9-34)42-43(46(50)52)45(35-10-14-37(49)15-11-35)51(47(42)53)31-33-26-40(60-22-18-56-6-2)29-41(27-33)61-23-19-57-7-3/h8-15,24-29H,5-7,16-23,30-31H2,1-4H3. The van der Waals surface area contributed by atoms with Crippen LogP contribution in [-0.2, 0) is 41.6 Å². The van der Waals surface area contributed by atoms with Crippen LogP contribution in [0.2, 0.25) is 0 Å². The molecule has 0 fully saturated rings. The lowest BCUT2D eigenvalue weighted by molar-refractivity contribution is -0.124. The van der Waals surface area contributed by atoms with Crippen LogP contribution in [0.15, 0.2) is 105 Å². The fourth-order valence-corrected chi connectivity index (χ4v) is 7.52. The van der Waals surface area contributed by atoms with E-state index in [-0.39, 0.29) is 24.9 Å². The summed E-state index contributed by atoms with van der Waals surface area (Å²) >= 11 is 7.12. The van der Waals surface area contributed by atoms with Gasteiger partial charge in [-0.05, 0) is 91.6 Å². The quantitative estimate of drug-likeness (QED) is 0.0598. The second kappa shape index (κ2) is 22.9. The van der Waals surface area contributed by atoms with Crippen molar-refractivity contribution in [2.24, 2.45) is 0 Å². The topological polar surface area (TPSA) is 114 Å². The molecule has 324 valence electrons. The Morgan fingerprint density at radius 1 is 0.459 bits per heavy atom. The largest absolute Gasteiger partial charge is 0.491 e. The van der Waals surface area contributed by atoms with Gasteiger partial charge in [0.15, 0.2) is 0 Å². The van der Waals surface area contributed by atoms with Crippen LogP contribution in [-0.4, -0.2) is 101 Å². The van der Waals surface area contributed by atoms with Gasteiger partial charge in [0.05, 0.1) is 62.1 Å². The van der Waals surface area contributed by atoms with E-state index >= 15 is 9.59 Å². The molecule has 0 radical (unpaired) electrons. The molecule has 2 heterocycles. The number of amides is 2. The Labute approximate surface area is 374 Å². The third-order valence-electron chi connectivity index (χ3n) is 9.64. The summed E-state index contributed by atoms with van der Waals surface area (Å²) in [6, 6.07) is 26.4. The Morgan fingerprint density at radius 2 is 0.787 bits per heavy atom. The highest BCUT2D eigenvalue weighted by Crippen LogP contribution is 2.48. The predicted octanol–water partition coefficient (Wildman–Crippen LogP) is 8.69. The number of hydrogen-bond acceptors (Lipinski definition) is 10. The Morgan fingerprint density at radius 3 is 1.10 bits per heavy atom. The molecule has 0 N–H and O–H groups in total. The molecule has 0 spiro atoms. The first-order chi connectivity index (χ1) is 29.7. The van der Waals surface area contributed by atoms with Crippen molar-refractivity contribution in [2.75, 3.05) is 79.8 Å². The fraction of sp³-hybridized carbons (Fsp3) is 0.362. The molecule has 2 aliphatic rings. The van der Waals surface area contributed by atoms with E-state index in [1.165, 1.54) is 0 Å².